The molecular weight excluding hydrogens is 306 g/mol. The first-order chi connectivity index (χ1) is 11.8. The fourth-order valence-electron chi connectivity index (χ4n) is 3.55. The van der Waals surface area contributed by atoms with Crippen molar-refractivity contribution in [1.82, 2.24) is 15.0 Å². The maximum Gasteiger partial charge on any atom is 0.233 e. The number of amides is 1. The molecule has 0 N–H and O–H groups in total. The highest BCUT2D eigenvalue weighted by Crippen LogP contribution is 2.36. The average molecular weight is 327 g/mol. The molecule has 0 saturated carbocycles. The smallest absolute Gasteiger partial charge is 0.233 e. The van der Waals surface area contributed by atoms with Crippen LogP contribution in [0.1, 0.15) is 48.9 Å². The van der Waals surface area contributed by atoms with E-state index in [1.807, 2.05) is 36.1 Å². The van der Waals surface area contributed by atoms with Crippen LogP contribution in [0.2, 0.25) is 0 Å². The first-order valence-corrected chi connectivity index (χ1v) is 8.59. The Bertz CT molecular complexity index is 743. The van der Waals surface area contributed by atoms with Crippen LogP contribution < -0.4 is 4.74 Å². The van der Waals surface area contributed by atoms with Gasteiger partial charge in [-0.15, -0.1) is 0 Å². The van der Waals surface area contributed by atoms with Crippen molar-refractivity contribution in [3.05, 3.63) is 41.5 Å². The molecular formula is C18H21N3O3. The number of benzene rings is 1. The van der Waals surface area contributed by atoms with Gasteiger partial charge in [0.1, 0.15) is 18.3 Å². The number of hydrogen-bond donors (Lipinski definition) is 0. The average Bonchev–Trinajstić information content (AvgIpc) is 3.28. The number of para-hydroxylation sites is 1. The molecule has 1 amide bonds. The highest BCUT2D eigenvalue weighted by Gasteiger charge is 2.36. The van der Waals surface area contributed by atoms with E-state index in [2.05, 4.69) is 10.1 Å². The van der Waals surface area contributed by atoms with Crippen molar-refractivity contribution in [2.75, 3.05) is 19.7 Å². The van der Waals surface area contributed by atoms with E-state index >= 15 is 0 Å². The van der Waals surface area contributed by atoms with E-state index in [-0.39, 0.29) is 17.7 Å². The molecule has 0 aliphatic carbocycles. The lowest BCUT2D eigenvalue weighted by Crippen LogP contribution is -2.42. The number of fused-ring (bicyclic) bond motifs is 1. The molecule has 6 heteroatoms. The number of piperidine rings is 1. The minimum absolute atomic E-state index is 0.142. The van der Waals surface area contributed by atoms with Crippen LogP contribution in [0.4, 0.5) is 0 Å². The molecule has 0 bridgehead atoms. The number of rotatable bonds is 3. The normalized spacial score (nSPS) is 23.0. The van der Waals surface area contributed by atoms with Crippen molar-refractivity contribution in [1.29, 1.82) is 0 Å². The molecule has 2 atom stereocenters. The van der Waals surface area contributed by atoms with E-state index in [1.54, 1.807) is 0 Å². The van der Waals surface area contributed by atoms with Crippen molar-refractivity contribution in [2.24, 2.45) is 0 Å². The van der Waals surface area contributed by atoms with Gasteiger partial charge in [0.2, 0.25) is 11.8 Å². The van der Waals surface area contributed by atoms with Crippen LogP contribution in [0.15, 0.2) is 28.8 Å². The van der Waals surface area contributed by atoms with Crippen molar-refractivity contribution < 1.29 is 14.1 Å². The van der Waals surface area contributed by atoms with Crippen LogP contribution >= 0.6 is 0 Å². The van der Waals surface area contributed by atoms with Crippen LogP contribution in [0, 0.1) is 0 Å². The number of ether oxygens (including phenoxy) is 1. The van der Waals surface area contributed by atoms with E-state index in [9.17, 15) is 4.79 Å². The van der Waals surface area contributed by atoms with Gasteiger partial charge in [-0.25, -0.2) is 0 Å². The lowest BCUT2D eigenvalue weighted by atomic mass is 9.94. The van der Waals surface area contributed by atoms with E-state index < -0.39 is 0 Å². The van der Waals surface area contributed by atoms with Gasteiger partial charge in [-0.1, -0.05) is 30.3 Å². The second kappa shape index (κ2) is 6.26. The molecule has 2 aromatic rings. The summed E-state index contributed by atoms with van der Waals surface area (Å²) in [6, 6.07) is 7.80. The summed E-state index contributed by atoms with van der Waals surface area (Å²) in [4.78, 5) is 19.4. The third-order valence-corrected chi connectivity index (χ3v) is 4.88. The van der Waals surface area contributed by atoms with Crippen LogP contribution in [-0.2, 0) is 11.2 Å². The first kappa shape index (κ1) is 15.2. The Labute approximate surface area is 140 Å². The topological polar surface area (TPSA) is 68.5 Å². The highest BCUT2D eigenvalue weighted by molar-refractivity contribution is 5.85. The fourth-order valence-corrected chi connectivity index (χ4v) is 3.55. The Kier molecular flexibility index (Phi) is 3.96. The summed E-state index contributed by atoms with van der Waals surface area (Å²) in [5, 5.41) is 4.09. The number of hydrogen-bond acceptors (Lipinski definition) is 5. The minimum Gasteiger partial charge on any atom is -0.492 e. The third-order valence-electron chi connectivity index (χ3n) is 4.88. The van der Waals surface area contributed by atoms with Gasteiger partial charge < -0.3 is 14.2 Å². The summed E-state index contributed by atoms with van der Waals surface area (Å²) >= 11 is 0. The van der Waals surface area contributed by atoms with Crippen molar-refractivity contribution in [3.63, 3.8) is 0 Å². The van der Waals surface area contributed by atoms with E-state index in [1.165, 1.54) is 0 Å². The summed E-state index contributed by atoms with van der Waals surface area (Å²) in [5.41, 5.74) is 0.998. The fraction of sp³-hybridized carbons (Fsp3) is 0.500. The third kappa shape index (κ3) is 2.66. The molecule has 2 aliphatic rings. The van der Waals surface area contributed by atoms with Crippen LogP contribution in [0.5, 0.6) is 5.75 Å². The van der Waals surface area contributed by atoms with Gasteiger partial charge in [-0.3, -0.25) is 4.79 Å². The molecule has 1 saturated heterocycles. The highest BCUT2D eigenvalue weighted by atomic mass is 16.5. The number of aromatic nitrogens is 2. The number of likely N-dealkylation sites (tertiary alicyclic amines) is 1. The molecule has 1 aromatic carbocycles. The zero-order chi connectivity index (χ0) is 16.5. The Morgan fingerprint density at radius 3 is 3.08 bits per heavy atom. The number of aryl methyl sites for hydroxylation is 1. The van der Waals surface area contributed by atoms with Gasteiger partial charge in [0.15, 0.2) is 5.82 Å². The Morgan fingerprint density at radius 2 is 2.25 bits per heavy atom. The van der Waals surface area contributed by atoms with E-state index in [0.29, 0.717) is 19.0 Å². The van der Waals surface area contributed by atoms with Gasteiger partial charge in [0.05, 0.1) is 0 Å². The Balaban J connectivity index is 1.49. The van der Waals surface area contributed by atoms with Crippen molar-refractivity contribution in [3.8, 4) is 5.75 Å². The largest absolute Gasteiger partial charge is 0.492 e. The molecule has 3 heterocycles. The second-order valence-electron chi connectivity index (χ2n) is 6.42. The zero-order valence-electron chi connectivity index (χ0n) is 13.8. The van der Waals surface area contributed by atoms with E-state index in [4.69, 9.17) is 9.26 Å². The summed E-state index contributed by atoms with van der Waals surface area (Å²) in [6.07, 6.45) is 2.68. The predicted octanol–water partition coefficient (Wildman–Crippen LogP) is 2.51. The van der Waals surface area contributed by atoms with Crippen LogP contribution in [0.25, 0.3) is 0 Å². The van der Waals surface area contributed by atoms with Crippen molar-refractivity contribution >= 4 is 5.91 Å². The number of nitrogens with zero attached hydrogens (tertiary/aromatic N) is 3. The van der Waals surface area contributed by atoms with Crippen molar-refractivity contribution in [2.45, 2.75) is 38.0 Å². The molecule has 1 aromatic heterocycles. The molecule has 0 spiro atoms. The van der Waals surface area contributed by atoms with E-state index in [0.717, 1.165) is 42.9 Å². The second-order valence-corrected chi connectivity index (χ2v) is 6.42. The molecule has 6 nitrogen and oxygen atoms in total. The molecule has 0 unspecified atom stereocenters. The zero-order valence-corrected chi connectivity index (χ0v) is 13.8. The van der Waals surface area contributed by atoms with Gasteiger partial charge >= 0.3 is 0 Å². The Morgan fingerprint density at radius 1 is 1.38 bits per heavy atom. The lowest BCUT2D eigenvalue weighted by Gasteiger charge is -2.32. The maximum absolute atomic E-state index is 13.0. The minimum atomic E-state index is -0.198. The monoisotopic (exact) mass is 327 g/mol. The molecule has 126 valence electrons. The first-order valence-electron chi connectivity index (χ1n) is 8.59. The maximum atomic E-state index is 13.0. The predicted molar refractivity (Wildman–Crippen MR) is 86.9 cm³/mol. The molecule has 1 fully saturated rings. The van der Waals surface area contributed by atoms with Gasteiger partial charge in [-0.2, -0.15) is 4.98 Å². The van der Waals surface area contributed by atoms with Gasteiger partial charge in [0.25, 0.3) is 0 Å². The van der Waals surface area contributed by atoms with Gasteiger partial charge in [0, 0.05) is 31.0 Å². The summed E-state index contributed by atoms with van der Waals surface area (Å²) < 4.78 is 10.9. The number of carbonyl (C=O) groups excluding carboxylic acids is 1. The van der Waals surface area contributed by atoms with Crippen LogP contribution in [0.3, 0.4) is 0 Å². The quantitative estimate of drug-likeness (QED) is 0.866. The SMILES string of the molecule is CCc1nc([C@@H]2CCCN(C(=O)[C@H]3COc4ccccc43)C2)no1. The Hall–Kier alpha value is -2.37. The summed E-state index contributed by atoms with van der Waals surface area (Å²) in [5.74, 6) is 2.32. The van der Waals surface area contributed by atoms with Crippen LogP contribution in [-0.4, -0.2) is 40.6 Å². The molecule has 24 heavy (non-hydrogen) atoms. The molecule has 4 rings (SSSR count). The standard InChI is InChI=1S/C18H21N3O3/c1-2-16-19-17(20-24-16)12-6-5-9-21(10-12)18(22)14-11-23-15-8-4-3-7-13(14)15/h3-4,7-8,12,14H,2,5-6,9-11H2,1H3/t12-,14+/m1/s1. The molecule has 0 radical (unpaired) electrons. The summed E-state index contributed by atoms with van der Waals surface area (Å²) in [6.45, 7) is 3.86. The number of carbonyl (C=O) groups is 1. The lowest BCUT2D eigenvalue weighted by molar-refractivity contribution is -0.134. The van der Waals surface area contributed by atoms with Gasteiger partial charge in [-0.05, 0) is 18.9 Å². The summed E-state index contributed by atoms with van der Waals surface area (Å²) in [7, 11) is 0. The molecule has 2 aliphatic heterocycles.